The predicted octanol–water partition coefficient (Wildman–Crippen LogP) is 1.97. The molecule has 1 aromatic heterocycles. The largest absolute Gasteiger partial charge is 0.476 e. The van der Waals surface area contributed by atoms with Gasteiger partial charge in [-0.05, 0) is 18.1 Å². The summed E-state index contributed by atoms with van der Waals surface area (Å²) in [6, 6.07) is 9.50. The molecule has 2 rings (SSSR count). The van der Waals surface area contributed by atoms with Crippen LogP contribution >= 0.6 is 0 Å². The molecule has 0 saturated heterocycles. The van der Waals surface area contributed by atoms with Crippen molar-refractivity contribution in [2.24, 2.45) is 0 Å². The molecule has 0 unspecified atom stereocenters. The van der Waals surface area contributed by atoms with E-state index < -0.39 is 5.97 Å². The average molecular weight is 246 g/mol. The third-order valence-corrected chi connectivity index (χ3v) is 2.65. The fourth-order valence-electron chi connectivity index (χ4n) is 1.63. The van der Waals surface area contributed by atoms with E-state index in [-0.39, 0.29) is 5.69 Å². The summed E-state index contributed by atoms with van der Waals surface area (Å²) in [6.07, 6.45) is 0. The Kier molecular flexibility index (Phi) is 3.74. The maximum absolute atomic E-state index is 10.6. The first-order valence-electron chi connectivity index (χ1n) is 5.61. The maximum atomic E-state index is 10.6. The summed E-state index contributed by atoms with van der Waals surface area (Å²) in [5, 5.41) is 15.3. The number of nitrogens with zero attached hydrogens (tertiary/aromatic N) is 1. The second kappa shape index (κ2) is 5.46. The molecule has 0 saturated carbocycles. The molecular weight excluding hydrogens is 232 g/mol. The van der Waals surface area contributed by atoms with Crippen molar-refractivity contribution in [3.05, 3.63) is 52.9 Å². The van der Waals surface area contributed by atoms with Crippen LogP contribution in [0.2, 0.25) is 0 Å². The number of benzene rings is 1. The highest BCUT2D eigenvalue weighted by atomic mass is 16.5. The molecular formula is C13H14N2O3. The molecule has 0 radical (unpaired) electrons. The van der Waals surface area contributed by atoms with Gasteiger partial charge in [0.25, 0.3) is 0 Å². The van der Waals surface area contributed by atoms with Crippen molar-refractivity contribution in [2.45, 2.75) is 20.0 Å². The lowest BCUT2D eigenvalue weighted by molar-refractivity contribution is 0.0685. The van der Waals surface area contributed by atoms with E-state index in [2.05, 4.69) is 10.5 Å². The van der Waals surface area contributed by atoms with E-state index in [4.69, 9.17) is 9.63 Å². The van der Waals surface area contributed by atoms with Crippen LogP contribution in [0.5, 0.6) is 0 Å². The van der Waals surface area contributed by atoms with Crippen LogP contribution in [-0.2, 0) is 13.1 Å². The summed E-state index contributed by atoms with van der Waals surface area (Å²) in [4.78, 5) is 10.6. The number of aromatic nitrogens is 1. The Bertz CT molecular complexity index is 549. The first-order chi connectivity index (χ1) is 8.66. The molecule has 0 spiro atoms. The van der Waals surface area contributed by atoms with Crippen LogP contribution in [-0.4, -0.2) is 16.2 Å². The van der Waals surface area contributed by atoms with Gasteiger partial charge in [-0.1, -0.05) is 29.4 Å². The lowest BCUT2D eigenvalue weighted by atomic mass is 10.1. The molecule has 18 heavy (non-hydrogen) atoms. The zero-order valence-corrected chi connectivity index (χ0v) is 10.0. The standard InChI is InChI=1S/C13H14N2O3/c1-9-4-2-3-5-10(9)7-14-8-11-6-12(13(16)17)15-18-11/h2-6,14H,7-8H2,1H3,(H,16,17). The van der Waals surface area contributed by atoms with Gasteiger partial charge in [-0.15, -0.1) is 0 Å². The van der Waals surface area contributed by atoms with Gasteiger partial charge in [0.2, 0.25) is 0 Å². The first-order valence-corrected chi connectivity index (χ1v) is 5.61. The molecule has 0 bridgehead atoms. The Morgan fingerprint density at radius 3 is 2.83 bits per heavy atom. The van der Waals surface area contributed by atoms with Gasteiger partial charge in [-0.25, -0.2) is 4.79 Å². The number of nitrogens with one attached hydrogen (secondary N) is 1. The van der Waals surface area contributed by atoms with Crippen LogP contribution < -0.4 is 5.32 Å². The molecule has 5 nitrogen and oxygen atoms in total. The molecule has 2 N–H and O–H groups in total. The van der Waals surface area contributed by atoms with Crippen LogP contribution in [0.3, 0.4) is 0 Å². The van der Waals surface area contributed by atoms with Crippen LogP contribution in [0.15, 0.2) is 34.9 Å². The van der Waals surface area contributed by atoms with Crippen molar-refractivity contribution in [3.63, 3.8) is 0 Å². The number of aryl methyl sites for hydroxylation is 1. The van der Waals surface area contributed by atoms with Crippen LogP contribution in [0.25, 0.3) is 0 Å². The highest BCUT2D eigenvalue weighted by Crippen LogP contribution is 2.07. The molecule has 0 aliphatic heterocycles. The van der Waals surface area contributed by atoms with E-state index in [1.807, 2.05) is 31.2 Å². The lowest BCUT2D eigenvalue weighted by Gasteiger charge is -2.05. The topological polar surface area (TPSA) is 75.4 Å². The minimum Gasteiger partial charge on any atom is -0.476 e. The Labute approximate surface area is 104 Å². The zero-order valence-electron chi connectivity index (χ0n) is 10.0. The summed E-state index contributed by atoms with van der Waals surface area (Å²) >= 11 is 0. The highest BCUT2D eigenvalue weighted by Gasteiger charge is 2.10. The van der Waals surface area contributed by atoms with E-state index in [9.17, 15) is 4.79 Å². The van der Waals surface area contributed by atoms with Gasteiger partial charge in [0.1, 0.15) is 0 Å². The van der Waals surface area contributed by atoms with Crippen molar-refractivity contribution in [1.29, 1.82) is 0 Å². The van der Waals surface area contributed by atoms with E-state index in [1.165, 1.54) is 17.2 Å². The van der Waals surface area contributed by atoms with Crippen LogP contribution in [0.4, 0.5) is 0 Å². The van der Waals surface area contributed by atoms with Crippen LogP contribution in [0.1, 0.15) is 27.4 Å². The van der Waals surface area contributed by atoms with Gasteiger partial charge in [0.15, 0.2) is 11.5 Å². The van der Waals surface area contributed by atoms with Gasteiger partial charge in [-0.3, -0.25) is 0 Å². The van der Waals surface area contributed by atoms with Gasteiger partial charge in [0, 0.05) is 12.6 Å². The molecule has 2 aromatic rings. The Hall–Kier alpha value is -2.14. The molecule has 0 amide bonds. The van der Waals surface area contributed by atoms with E-state index >= 15 is 0 Å². The van der Waals surface area contributed by atoms with Crippen LogP contribution in [0, 0.1) is 6.92 Å². The number of carboxylic acid groups (broad SMARTS) is 1. The monoisotopic (exact) mass is 246 g/mol. The molecule has 0 aliphatic carbocycles. The normalized spacial score (nSPS) is 10.5. The number of rotatable bonds is 5. The third kappa shape index (κ3) is 2.95. The molecule has 1 heterocycles. The third-order valence-electron chi connectivity index (χ3n) is 2.65. The fraction of sp³-hybridized carbons (Fsp3) is 0.231. The summed E-state index contributed by atoms with van der Waals surface area (Å²) in [5.41, 5.74) is 2.35. The number of carboxylic acids is 1. The van der Waals surface area contributed by atoms with Crippen molar-refractivity contribution in [1.82, 2.24) is 10.5 Å². The van der Waals surface area contributed by atoms with E-state index in [0.29, 0.717) is 18.8 Å². The summed E-state index contributed by atoms with van der Waals surface area (Å²) < 4.78 is 4.90. The quantitative estimate of drug-likeness (QED) is 0.843. The number of hydrogen-bond acceptors (Lipinski definition) is 4. The second-order valence-corrected chi connectivity index (χ2v) is 4.01. The molecule has 1 aromatic carbocycles. The van der Waals surface area contributed by atoms with Gasteiger partial charge in [0.05, 0.1) is 6.54 Å². The molecule has 5 heteroatoms. The summed E-state index contributed by atoms with van der Waals surface area (Å²) in [7, 11) is 0. The summed E-state index contributed by atoms with van der Waals surface area (Å²) in [5.74, 6) is -0.565. The van der Waals surface area contributed by atoms with Crippen molar-refractivity contribution < 1.29 is 14.4 Å². The van der Waals surface area contributed by atoms with Gasteiger partial charge >= 0.3 is 5.97 Å². The number of hydrogen-bond donors (Lipinski definition) is 2. The maximum Gasteiger partial charge on any atom is 0.358 e. The molecule has 0 fully saturated rings. The zero-order chi connectivity index (χ0) is 13.0. The lowest BCUT2D eigenvalue weighted by Crippen LogP contribution is -2.12. The first kappa shape index (κ1) is 12.3. The van der Waals surface area contributed by atoms with Gasteiger partial charge in [-0.2, -0.15) is 0 Å². The molecule has 0 atom stereocenters. The number of aromatic carboxylic acids is 1. The minimum atomic E-state index is -1.08. The minimum absolute atomic E-state index is 0.0670. The van der Waals surface area contributed by atoms with Gasteiger partial charge < -0.3 is 14.9 Å². The molecule has 94 valence electrons. The predicted molar refractivity (Wildman–Crippen MR) is 65.2 cm³/mol. The Morgan fingerprint density at radius 1 is 1.39 bits per heavy atom. The summed E-state index contributed by atoms with van der Waals surface area (Å²) in [6.45, 7) is 3.21. The Morgan fingerprint density at radius 2 is 2.17 bits per heavy atom. The molecule has 0 aliphatic rings. The van der Waals surface area contributed by atoms with Crippen molar-refractivity contribution in [3.8, 4) is 0 Å². The fourth-order valence-corrected chi connectivity index (χ4v) is 1.63. The smallest absolute Gasteiger partial charge is 0.358 e. The van der Waals surface area contributed by atoms with E-state index in [1.54, 1.807) is 0 Å². The van der Waals surface area contributed by atoms with Crippen molar-refractivity contribution >= 4 is 5.97 Å². The van der Waals surface area contributed by atoms with E-state index in [0.717, 1.165) is 0 Å². The van der Waals surface area contributed by atoms with Crippen molar-refractivity contribution in [2.75, 3.05) is 0 Å². The average Bonchev–Trinajstić information content (AvgIpc) is 2.80. The SMILES string of the molecule is Cc1ccccc1CNCc1cc(C(=O)O)no1. The highest BCUT2D eigenvalue weighted by molar-refractivity contribution is 5.85. The number of carbonyl (C=O) groups is 1. The Balaban J connectivity index is 1.88. The second-order valence-electron chi connectivity index (χ2n) is 4.01.